The molecule has 0 heterocycles. The smallest absolute Gasteiger partial charge is 0.414 e. The number of hydrogen-bond donors (Lipinski definition) is 1. The molecule has 2 nitrogen and oxygen atoms in total. The average Bonchev–Trinajstić information content (AvgIpc) is 2.24. The van der Waals surface area contributed by atoms with Crippen LogP contribution in [0.1, 0.15) is 12.8 Å². The van der Waals surface area contributed by atoms with Crippen molar-refractivity contribution in [3.05, 3.63) is 30.3 Å². The van der Waals surface area contributed by atoms with Crippen LogP contribution < -0.4 is 4.74 Å². The SMILES string of the molecule is OC(CCCOc1ccccc1)C(F)(F)F. The van der Waals surface area contributed by atoms with Crippen molar-refractivity contribution in [1.29, 1.82) is 0 Å². The summed E-state index contributed by atoms with van der Waals surface area (Å²) in [6.45, 7) is 0.164. The van der Waals surface area contributed by atoms with Gasteiger partial charge in [0.1, 0.15) is 11.9 Å². The number of aliphatic hydroxyl groups is 1. The highest BCUT2D eigenvalue weighted by Crippen LogP contribution is 2.23. The Morgan fingerprint density at radius 1 is 1.19 bits per heavy atom. The predicted octanol–water partition coefficient (Wildman–Crippen LogP) is 2.77. The van der Waals surface area contributed by atoms with Gasteiger partial charge in [-0.1, -0.05) is 18.2 Å². The summed E-state index contributed by atoms with van der Waals surface area (Å²) in [6, 6.07) is 8.82. The topological polar surface area (TPSA) is 29.5 Å². The molecule has 1 aromatic rings. The summed E-state index contributed by atoms with van der Waals surface area (Å²) < 4.78 is 40.9. The zero-order valence-corrected chi connectivity index (χ0v) is 8.57. The van der Waals surface area contributed by atoms with E-state index in [2.05, 4.69) is 0 Å². The standard InChI is InChI=1S/C11H13F3O2/c12-11(13,14)10(15)7-4-8-16-9-5-2-1-3-6-9/h1-3,5-6,10,15H,4,7-8H2. The first kappa shape index (κ1) is 12.8. The molecule has 1 atom stereocenters. The van der Waals surface area contributed by atoms with Gasteiger partial charge in [-0.05, 0) is 25.0 Å². The number of hydrogen-bond acceptors (Lipinski definition) is 2. The van der Waals surface area contributed by atoms with E-state index in [1.165, 1.54) is 0 Å². The van der Waals surface area contributed by atoms with Gasteiger partial charge in [0, 0.05) is 0 Å². The number of benzene rings is 1. The largest absolute Gasteiger partial charge is 0.494 e. The molecule has 0 amide bonds. The summed E-state index contributed by atoms with van der Waals surface area (Å²) in [7, 11) is 0. The lowest BCUT2D eigenvalue weighted by atomic mass is 10.2. The highest BCUT2D eigenvalue weighted by Gasteiger charge is 2.37. The van der Waals surface area contributed by atoms with Crippen molar-refractivity contribution in [3.63, 3.8) is 0 Å². The van der Waals surface area contributed by atoms with Crippen molar-refractivity contribution in [1.82, 2.24) is 0 Å². The van der Waals surface area contributed by atoms with Crippen LogP contribution in [0.2, 0.25) is 0 Å². The molecule has 16 heavy (non-hydrogen) atoms. The highest BCUT2D eigenvalue weighted by atomic mass is 19.4. The molecular weight excluding hydrogens is 221 g/mol. The molecule has 1 aromatic carbocycles. The van der Waals surface area contributed by atoms with Crippen molar-refractivity contribution < 1.29 is 23.0 Å². The normalized spacial score (nSPS) is 13.5. The van der Waals surface area contributed by atoms with Gasteiger partial charge in [0.05, 0.1) is 6.61 Å². The van der Waals surface area contributed by atoms with Gasteiger partial charge in [-0.2, -0.15) is 13.2 Å². The number of aliphatic hydroxyl groups excluding tert-OH is 1. The van der Waals surface area contributed by atoms with Crippen LogP contribution in [0.4, 0.5) is 13.2 Å². The Balaban J connectivity index is 2.18. The van der Waals surface area contributed by atoms with Crippen LogP contribution in [0.3, 0.4) is 0 Å². The van der Waals surface area contributed by atoms with Gasteiger partial charge in [0.25, 0.3) is 0 Å². The fourth-order valence-electron chi connectivity index (χ4n) is 1.15. The van der Waals surface area contributed by atoms with Gasteiger partial charge in [-0.15, -0.1) is 0 Å². The first-order valence-corrected chi connectivity index (χ1v) is 4.93. The summed E-state index contributed by atoms with van der Waals surface area (Å²) in [6.07, 6.45) is -6.97. The van der Waals surface area contributed by atoms with E-state index >= 15 is 0 Å². The zero-order chi connectivity index (χ0) is 12.0. The van der Waals surface area contributed by atoms with E-state index < -0.39 is 12.3 Å². The molecule has 0 bridgehead atoms. The van der Waals surface area contributed by atoms with Crippen molar-refractivity contribution in [2.24, 2.45) is 0 Å². The Hall–Kier alpha value is -1.23. The molecule has 0 spiro atoms. The molecule has 1 rings (SSSR count). The molecule has 0 saturated heterocycles. The number of rotatable bonds is 5. The molecule has 0 radical (unpaired) electrons. The minimum atomic E-state index is -4.53. The fourth-order valence-corrected chi connectivity index (χ4v) is 1.15. The minimum Gasteiger partial charge on any atom is -0.494 e. The van der Waals surface area contributed by atoms with Crippen LogP contribution in [0, 0.1) is 0 Å². The summed E-state index contributed by atoms with van der Waals surface area (Å²) in [5.41, 5.74) is 0. The van der Waals surface area contributed by atoms with Crippen molar-refractivity contribution in [3.8, 4) is 5.75 Å². The lowest BCUT2D eigenvalue weighted by Crippen LogP contribution is -2.28. The summed E-state index contributed by atoms with van der Waals surface area (Å²) in [5.74, 6) is 0.615. The van der Waals surface area contributed by atoms with Crippen molar-refractivity contribution in [2.75, 3.05) is 6.61 Å². The molecule has 0 aromatic heterocycles. The zero-order valence-electron chi connectivity index (χ0n) is 8.57. The Morgan fingerprint density at radius 2 is 1.81 bits per heavy atom. The maximum atomic E-state index is 11.9. The second kappa shape index (κ2) is 5.75. The van der Waals surface area contributed by atoms with Crippen LogP contribution in [0.15, 0.2) is 30.3 Å². The second-order valence-electron chi connectivity index (χ2n) is 3.36. The van der Waals surface area contributed by atoms with Gasteiger partial charge in [-0.25, -0.2) is 0 Å². The molecule has 0 aliphatic carbocycles. The number of ether oxygens (including phenoxy) is 1. The Morgan fingerprint density at radius 3 is 2.38 bits per heavy atom. The third-order valence-electron chi connectivity index (χ3n) is 2.01. The molecule has 0 aliphatic heterocycles. The summed E-state index contributed by atoms with van der Waals surface area (Å²) in [5, 5.41) is 8.70. The Labute approximate surface area is 91.7 Å². The summed E-state index contributed by atoms with van der Waals surface area (Å²) in [4.78, 5) is 0. The monoisotopic (exact) mass is 234 g/mol. The Kier molecular flexibility index (Phi) is 4.61. The molecule has 1 unspecified atom stereocenters. The minimum absolute atomic E-state index is 0.162. The molecule has 0 aliphatic rings. The molecule has 0 saturated carbocycles. The molecule has 1 N–H and O–H groups in total. The second-order valence-corrected chi connectivity index (χ2v) is 3.36. The number of alkyl halides is 3. The van der Waals surface area contributed by atoms with Crippen LogP contribution in [-0.4, -0.2) is 24.0 Å². The van der Waals surface area contributed by atoms with Gasteiger partial charge < -0.3 is 9.84 Å². The van der Waals surface area contributed by atoms with Gasteiger partial charge in [0.15, 0.2) is 0 Å². The van der Waals surface area contributed by atoms with E-state index in [9.17, 15) is 13.2 Å². The highest BCUT2D eigenvalue weighted by molar-refractivity contribution is 5.20. The molecule has 5 heteroatoms. The molecular formula is C11H13F3O2. The quantitative estimate of drug-likeness (QED) is 0.794. The van der Waals surface area contributed by atoms with E-state index in [0.29, 0.717) is 5.75 Å². The first-order chi connectivity index (χ1) is 7.50. The maximum Gasteiger partial charge on any atom is 0.414 e. The van der Waals surface area contributed by atoms with Crippen LogP contribution in [0.25, 0.3) is 0 Å². The van der Waals surface area contributed by atoms with Crippen LogP contribution in [0.5, 0.6) is 5.75 Å². The maximum absolute atomic E-state index is 11.9. The number of halogens is 3. The Bertz CT molecular complexity index is 298. The van der Waals surface area contributed by atoms with Crippen molar-refractivity contribution >= 4 is 0 Å². The fraction of sp³-hybridized carbons (Fsp3) is 0.455. The summed E-state index contributed by atoms with van der Waals surface area (Å²) >= 11 is 0. The lowest BCUT2D eigenvalue weighted by molar-refractivity contribution is -0.205. The van der Waals surface area contributed by atoms with E-state index in [1.807, 2.05) is 6.07 Å². The molecule has 90 valence electrons. The molecule has 0 fully saturated rings. The van der Waals surface area contributed by atoms with Gasteiger partial charge in [0.2, 0.25) is 0 Å². The first-order valence-electron chi connectivity index (χ1n) is 4.93. The predicted molar refractivity (Wildman–Crippen MR) is 53.2 cm³/mol. The van der Waals surface area contributed by atoms with E-state index in [-0.39, 0.29) is 19.4 Å². The van der Waals surface area contributed by atoms with Gasteiger partial charge >= 0.3 is 6.18 Å². The van der Waals surface area contributed by atoms with Gasteiger partial charge in [-0.3, -0.25) is 0 Å². The van der Waals surface area contributed by atoms with Crippen LogP contribution in [-0.2, 0) is 0 Å². The van der Waals surface area contributed by atoms with Crippen molar-refractivity contribution in [2.45, 2.75) is 25.1 Å². The number of para-hydroxylation sites is 1. The third-order valence-corrected chi connectivity index (χ3v) is 2.01. The van der Waals surface area contributed by atoms with Crippen LogP contribution >= 0.6 is 0 Å². The average molecular weight is 234 g/mol. The lowest BCUT2D eigenvalue weighted by Gasteiger charge is -2.14. The third kappa shape index (κ3) is 4.53. The van der Waals surface area contributed by atoms with E-state index in [0.717, 1.165) is 0 Å². The van der Waals surface area contributed by atoms with E-state index in [1.54, 1.807) is 24.3 Å². The van der Waals surface area contributed by atoms with E-state index in [4.69, 9.17) is 9.84 Å².